The number of hydrogen-bond acceptors (Lipinski definition) is 5. The van der Waals surface area contributed by atoms with E-state index in [4.69, 9.17) is 0 Å². The van der Waals surface area contributed by atoms with Crippen molar-refractivity contribution in [3.05, 3.63) is 0 Å². The van der Waals surface area contributed by atoms with E-state index in [1.165, 1.54) is 128 Å². The highest BCUT2D eigenvalue weighted by Gasteiger charge is 2.56. The molecular weight excluding hydrogens is 584 g/mol. The highest BCUT2D eigenvalue weighted by atomic mass is 16.3. The monoisotopic (exact) mass is 667 g/mol. The van der Waals surface area contributed by atoms with E-state index in [2.05, 4.69) is 27.7 Å². The van der Waals surface area contributed by atoms with Gasteiger partial charge in [0.1, 0.15) is 11.6 Å². The molecule has 3 N–H and O–H groups in total. The van der Waals surface area contributed by atoms with Gasteiger partial charge in [-0.3, -0.25) is 9.59 Å². The highest BCUT2D eigenvalue weighted by molar-refractivity contribution is 6.07. The molecule has 0 aromatic rings. The second-order valence-electron chi connectivity index (χ2n) is 16.1. The molecule has 0 aliphatic rings. The average Bonchev–Trinajstić information content (AvgIpc) is 3.05. The molecule has 5 nitrogen and oxygen atoms in total. The van der Waals surface area contributed by atoms with Crippen molar-refractivity contribution in [1.82, 2.24) is 0 Å². The molecule has 0 rings (SSSR count). The SMILES string of the molecule is CC(C)CCCCCCCCCCCCCCC(=O)C(C)(C(=O)CCCCCCCCCCCCCCC(C)C)C(CO)(CO)CO. The third-order valence-corrected chi connectivity index (χ3v) is 11.0. The maximum Gasteiger partial charge on any atom is 0.146 e. The van der Waals surface area contributed by atoms with Crippen molar-refractivity contribution in [2.24, 2.45) is 22.7 Å². The lowest BCUT2D eigenvalue weighted by molar-refractivity contribution is -0.161. The summed E-state index contributed by atoms with van der Waals surface area (Å²) >= 11 is 0. The topological polar surface area (TPSA) is 94.8 Å². The van der Waals surface area contributed by atoms with Gasteiger partial charge >= 0.3 is 0 Å². The lowest BCUT2D eigenvalue weighted by atomic mass is 9.59. The summed E-state index contributed by atoms with van der Waals surface area (Å²) in [6, 6.07) is 0. The van der Waals surface area contributed by atoms with Crippen molar-refractivity contribution >= 4 is 11.6 Å². The first-order chi connectivity index (χ1) is 22.6. The first-order valence-electron chi connectivity index (χ1n) is 20.5. The molecule has 280 valence electrons. The number of Topliss-reactive ketones (excluding diaryl/α,β-unsaturated/α-hetero) is 2. The van der Waals surface area contributed by atoms with Gasteiger partial charge in [0, 0.05) is 12.8 Å². The van der Waals surface area contributed by atoms with Crippen LogP contribution in [0.2, 0.25) is 0 Å². The van der Waals surface area contributed by atoms with Gasteiger partial charge in [0.15, 0.2) is 0 Å². The minimum atomic E-state index is -1.57. The lowest BCUT2D eigenvalue weighted by Crippen LogP contribution is -2.57. The smallest absolute Gasteiger partial charge is 0.146 e. The summed E-state index contributed by atoms with van der Waals surface area (Å²) in [6.45, 7) is 8.99. The van der Waals surface area contributed by atoms with Crippen LogP contribution in [0.15, 0.2) is 0 Å². The third-order valence-electron chi connectivity index (χ3n) is 11.0. The van der Waals surface area contributed by atoms with E-state index in [-0.39, 0.29) is 24.4 Å². The van der Waals surface area contributed by atoms with Crippen LogP contribution < -0.4 is 0 Å². The molecule has 0 aliphatic heterocycles. The Bertz CT molecular complexity index is 670. The van der Waals surface area contributed by atoms with Crippen molar-refractivity contribution in [3.8, 4) is 0 Å². The standard InChI is InChI=1S/C42H82O5/c1-37(2)30-26-22-18-14-10-6-8-12-16-20-24-28-32-39(46)41(5,42(34-43,35-44)36-45)40(47)33-29-25-21-17-13-9-7-11-15-19-23-27-31-38(3)4/h37-38,43-45H,6-36H2,1-5H3. The van der Waals surface area contributed by atoms with E-state index in [1.807, 2.05) is 0 Å². The molecule has 0 unspecified atom stereocenters. The highest BCUT2D eigenvalue weighted by Crippen LogP contribution is 2.43. The zero-order valence-corrected chi connectivity index (χ0v) is 32.2. The fourth-order valence-electron chi connectivity index (χ4n) is 7.08. The van der Waals surface area contributed by atoms with Crippen molar-refractivity contribution < 1.29 is 24.9 Å². The van der Waals surface area contributed by atoms with Crippen LogP contribution in [0, 0.1) is 22.7 Å². The molecule has 0 aromatic heterocycles. The predicted octanol–water partition coefficient (Wildman–Crippen LogP) is 11.3. The molecule has 0 atom stereocenters. The number of unbranched alkanes of at least 4 members (excludes halogenated alkanes) is 22. The average molecular weight is 667 g/mol. The van der Waals surface area contributed by atoms with Crippen LogP contribution >= 0.6 is 0 Å². The lowest BCUT2D eigenvalue weighted by Gasteiger charge is -2.43. The van der Waals surface area contributed by atoms with Crippen molar-refractivity contribution in [2.75, 3.05) is 19.8 Å². The number of carbonyl (C=O) groups is 2. The summed E-state index contributed by atoms with van der Waals surface area (Å²) in [4.78, 5) is 27.1. The van der Waals surface area contributed by atoms with Crippen molar-refractivity contribution in [3.63, 3.8) is 0 Å². The summed E-state index contributed by atoms with van der Waals surface area (Å²) in [7, 11) is 0. The van der Waals surface area contributed by atoms with Gasteiger partial charge in [-0.05, 0) is 31.6 Å². The molecule has 0 amide bonds. The normalized spacial score (nSPS) is 12.5. The van der Waals surface area contributed by atoms with E-state index in [0.29, 0.717) is 12.8 Å². The van der Waals surface area contributed by atoms with Crippen LogP contribution in [0.25, 0.3) is 0 Å². The number of rotatable bonds is 36. The van der Waals surface area contributed by atoms with Crippen LogP contribution in [0.4, 0.5) is 0 Å². The molecule has 5 heteroatoms. The zero-order chi connectivity index (χ0) is 35.2. The van der Waals surface area contributed by atoms with Gasteiger partial charge in [0.05, 0.1) is 30.7 Å². The number of carbonyl (C=O) groups excluding carboxylic acids is 2. The second-order valence-corrected chi connectivity index (χ2v) is 16.1. The largest absolute Gasteiger partial charge is 0.396 e. The molecule has 0 spiro atoms. The van der Waals surface area contributed by atoms with Gasteiger partial charge in [-0.1, -0.05) is 182 Å². The van der Waals surface area contributed by atoms with Gasteiger partial charge in [0.25, 0.3) is 0 Å². The van der Waals surface area contributed by atoms with E-state index < -0.39 is 30.7 Å². The van der Waals surface area contributed by atoms with Crippen LogP contribution in [-0.4, -0.2) is 46.7 Å². The molecule has 0 fully saturated rings. The first kappa shape index (κ1) is 46.2. The molecular formula is C42H82O5. The van der Waals surface area contributed by atoms with E-state index in [9.17, 15) is 24.9 Å². The second kappa shape index (κ2) is 30.1. The van der Waals surface area contributed by atoms with Gasteiger partial charge in [-0.25, -0.2) is 0 Å². The van der Waals surface area contributed by atoms with E-state index in [1.54, 1.807) is 6.92 Å². The number of hydrogen-bond donors (Lipinski definition) is 3. The summed E-state index contributed by atoms with van der Waals surface area (Å²) in [5.74, 6) is 1.16. The Hall–Kier alpha value is -0.780. The van der Waals surface area contributed by atoms with Crippen LogP contribution in [0.1, 0.15) is 214 Å². The van der Waals surface area contributed by atoms with Crippen LogP contribution in [0.3, 0.4) is 0 Å². The predicted molar refractivity (Wildman–Crippen MR) is 201 cm³/mol. The molecule has 0 radical (unpaired) electrons. The zero-order valence-electron chi connectivity index (χ0n) is 32.2. The Morgan fingerprint density at radius 3 is 0.830 bits per heavy atom. The maximum absolute atomic E-state index is 13.6. The molecule has 0 heterocycles. The van der Waals surface area contributed by atoms with Gasteiger partial charge in [-0.15, -0.1) is 0 Å². The molecule has 0 saturated carbocycles. The van der Waals surface area contributed by atoms with Crippen molar-refractivity contribution in [1.29, 1.82) is 0 Å². The molecule has 0 aliphatic carbocycles. The number of aliphatic hydroxyl groups is 3. The molecule has 0 bridgehead atoms. The Morgan fingerprint density at radius 1 is 0.404 bits per heavy atom. The summed E-state index contributed by atoms with van der Waals surface area (Å²) in [5, 5.41) is 30.6. The van der Waals surface area contributed by atoms with Crippen LogP contribution in [0.5, 0.6) is 0 Å². The van der Waals surface area contributed by atoms with Crippen LogP contribution in [-0.2, 0) is 9.59 Å². The fourth-order valence-corrected chi connectivity index (χ4v) is 7.08. The molecule has 0 aromatic carbocycles. The molecule has 47 heavy (non-hydrogen) atoms. The summed E-state index contributed by atoms with van der Waals surface area (Å²) < 4.78 is 0. The number of aliphatic hydroxyl groups excluding tert-OH is 3. The van der Waals surface area contributed by atoms with Gasteiger partial charge < -0.3 is 15.3 Å². The fraction of sp³-hybridized carbons (Fsp3) is 0.952. The Morgan fingerprint density at radius 2 is 0.617 bits per heavy atom. The summed E-state index contributed by atoms with van der Waals surface area (Å²) in [5.41, 5.74) is -3.11. The Balaban J connectivity index is 4.31. The van der Waals surface area contributed by atoms with Crippen molar-refractivity contribution in [2.45, 2.75) is 214 Å². The first-order valence-corrected chi connectivity index (χ1v) is 20.5. The number of ketones is 2. The van der Waals surface area contributed by atoms with Gasteiger partial charge in [-0.2, -0.15) is 0 Å². The minimum absolute atomic E-state index is 0.243. The van der Waals surface area contributed by atoms with E-state index in [0.717, 1.165) is 37.5 Å². The van der Waals surface area contributed by atoms with Gasteiger partial charge in [0.2, 0.25) is 0 Å². The Kier molecular flexibility index (Phi) is 29.6. The van der Waals surface area contributed by atoms with E-state index >= 15 is 0 Å². The third kappa shape index (κ3) is 21.1. The summed E-state index contributed by atoms with van der Waals surface area (Å²) in [6.07, 6.45) is 32.2. The molecule has 0 saturated heterocycles. The maximum atomic E-state index is 13.6. The minimum Gasteiger partial charge on any atom is -0.396 e. The quantitative estimate of drug-likeness (QED) is 0.0457. The Labute approximate surface area is 292 Å².